The summed E-state index contributed by atoms with van der Waals surface area (Å²) in [7, 11) is 1.79. The second-order valence-corrected chi connectivity index (χ2v) is 4.23. The van der Waals surface area contributed by atoms with E-state index in [1.807, 2.05) is 10.9 Å². The van der Waals surface area contributed by atoms with Gasteiger partial charge in [-0.25, -0.2) is 0 Å². The van der Waals surface area contributed by atoms with E-state index in [0.717, 1.165) is 25.9 Å². The third kappa shape index (κ3) is 3.82. The van der Waals surface area contributed by atoms with Gasteiger partial charge < -0.3 is 10.1 Å². The molecule has 0 aromatic carbocycles. The minimum absolute atomic E-state index is 0.217. The third-order valence-electron chi connectivity index (χ3n) is 3.01. The molecule has 0 saturated heterocycles. The molecule has 1 aromatic heterocycles. The summed E-state index contributed by atoms with van der Waals surface area (Å²) in [5, 5.41) is 7.83. The molecule has 4 heteroatoms. The molecule has 98 valence electrons. The maximum Gasteiger partial charge on any atom is 0.0767 e. The highest BCUT2D eigenvalue weighted by atomic mass is 16.5. The number of nitrogens with one attached hydrogen (secondary N) is 1. The van der Waals surface area contributed by atoms with Crippen molar-refractivity contribution in [1.82, 2.24) is 15.1 Å². The van der Waals surface area contributed by atoms with Crippen molar-refractivity contribution in [3.05, 3.63) is 18.0 Å². The first kappa shape index (κ1) is 14.2. The molecular weight excluding hydrogens is 214 g/mol. The van der Waals surface area contributed by atoms with Crippen LogP contribution in [0, 0.1) is 0 Å². The predicted molar refractivity (Wildman–Crippen MR) is 70.0 cm³/mol. The Bertz CT molecular complexity index is 311. The lowest BCUT2D eigenvalue weighted by Crippen LogP contribution is -2.33. The molecule has 0 aliphatic heterocycles. The number of aryl methyl sites for hydroxylation is 1. The van der Waals surface area contributed by atoms with Crippen LogP contribution in [0.3, 0.4) is 0 Å². The van der Waals surface area contributed by atoms with Crippen LogP contribution in [0.4, 0.5) is 0 Å². The Morgan fingerprint density at radius 1 is 1.41 bits per heavy atom. The van der Waals surface area contributed by atoms with Gasteiger partial charge in [-0.2, -0.15) is 5.10 Å². The fraction of sp³-hybridized carbons (Fsp3) is 0.769. The number of aromatic nitrogens is 2. The van der Waals surface area contributed by atoms with Crippen molar-refractivity contribution in [3.63, 3.8) is 0 Å². The van der Waals surface area contributed by atoms with Gasteiger partial charge in [0, 0.05) is 25.4 Å². The smallest absolute Gasteiger partial charge is 0.0767 e. The summed E-state index contributed by atoms with van der Waals surface area (Å²) in [6.07, 6.45) is 6.45. The van der Waals surface area contributed by atoms with Gasteiger partial charge >= 0.3 is 0 Å². The van der Waals surface area contributed by atoms with Crippen molar-refractivity contribution >= 4 is 0 Å². The Balaban J connectivity index is 2.82. The molecule has 4 nitrogen and oxygen atoms in total. The monoisotopic (exact) mass is 239 g/mol. The zero-order valence-electron chi connectivity index (χ0n) is 11.4. The summed E-state index contributed by atoms with van der Waals surface area (Å²) in [5.41, 5.74) is 1.22. The van der Waals surface area contributed by atoms with Crippen LogP contribution in [-0.4, -0.2) is 29.5 Å². The zero-order chi connectivity index (χ0) is 12.7. The maximum absolute atomic E-state index is 5.60. The molecule has 17 heavy (non-hydrogen) atoms. The summed E-state index contributed by atoms with van der Waals surface area (Å²) in [6, 6.07) is 0.241. The molecule has 1 N–H and O–H groups in total. The van der Waals surface area contributed by atoms with E-state index < -0.39 is 0 Å². The first-order valence-electron chi connectivity index (χ1n) is 6.55. The number of likely N-dealkylation sites (N-methyl/N-ethyl adjacent to an activating group) is 1. The minimum atomic E-state index is 0.217. The molecule has 2 atom stereocenters. The van der Waals surface area contributed by atoms with Crippen LogP contribution in [0.25, 0.3) is 0 Å². The molecule has 1 heterocycles. The Morgan fingerprint density at radius 2 is 2.18 bits per heavy atom. The molecular formula is C13H25N3O. The molecule has 0 radical (unpaired) electrons. The molecule has 0 bridgehead atoms. The van der Waals surface area contributed by atoms with Crippen molar-refractivity contribution in [1.29, 1.82) is 0 Å². The van der Waals surface area contributed by atoms with Gasteiger partial charge in [0.2, 0.25) is 0 Å². The van der Waals surface area contributed by atoms with Crippen LogP contribution in [0.15, 0.2) is 12.4 Å². The third-order valence-corrected chi connectivity index (χ3v) is 3.01. The van der Waals surface area contributed by atoms with Gasteiger partial charge in [-0.3, -0.25) is 4.68 Å². The molecule has 0 fully saturated rings. The summed E-state index contributed by atoms with van der Waals surface area (Å²) >= 11 is 0. The number of methoxy groups -OCH3 is 1. The van der Waals surface area contributed by atoms with Crippen molar-refractivity contribution in [2.24, 2.45) is 0 Å². The molecule has 0 aliphatic carbocycles. The molecule has 2 unspecified atom stereocenters. The Hall–Kier alpha value is -0.870. The van der Waals surface area contributed by atoms with Crippen molar-refractivity contribution in [2.45, 2.75) is 52.3 Å². The van der Waals surface area contributed by atoms with Crippen LogP contribution in [0.5, 0.6) is 0 Å². The van der Waals surface area contributed by atoms with Crippen LogP contribution >= 0.6 is 0 Å². The fourth-order valence-electron chi connectivity index (χ4n) is 2.10. The quantitative estimate of drug-likeness (QED) is 0.757. The van der Waals surface area contributed by atoms with Gasteiger partial charge in [0.15, 0.2) is 0 Å². The molecule has 0 amide bonds. The summed E-state index contributed by atoms with van der Waals surface area (Å²) in [6.45, 7) is 8.25. The van der Waals surface area contributed by atoms with E-state index in [1.165, 1.54) is 5.56 Å². The van der Waals surface area contributed by atoms with Crippen LogP contribution in [-0.2, 0) is 11.3 Å². The largest absolute Gasteiger partial charge is 0.379 e. The van der Waals surface area contributed by atoms with Crippen LogP contribution in [0.2, 0.25) is 0 Å². The van der Waals surface area contributed by atoms with Gasteiger partial charge in [0.05, 0.1) is 18.3 Å². The topological polar surface area (TPSA) is 39.1 Å². The van der Waals surface area contributed by atoms with Gasteiger partial charge in [0.25, 0.3) is 0 Å². The highest BCUT2D eigenvalue weighted by Gasteiger charge is 2.22. The van der Waals surface area contributed by atoms with Crippen LogP contribution in [0.1, 0.15) is 45.2 Å². The number of nitrogens with zero attached hydrogens (tertiary/aromatic N) is 2. The Morgan fingerprint density at radius 3 is 2.65 bits per heavy atom. The molecule has 1 aromatic rings. The maximum atomic E-state index is 5.60. The first-order valence-corrected chi connectivity index (χ1v) is 6.55. The number of hydrogen-bond donors (Lipinski definition) is 1. The number of rotatable bonds is 8. The number of ether oxygens (including phenoxy) is 1. The SMILES string of the molecule is CCCC(OC)C(NCC)c1cnn(CC)c1. The zero-order valence-corrected chi connectivity index (χ0v) is 11.4. The number of hydrogen-bond acceptors (Lipinski definition) is 3. The highest BCUT2D eigenvalue weighted by molar-refractivity contribution is 5.12. The van der Waals surface area contributed by atoms with Crippen molar-refractivity contribution < 1.29 is 4.74 Å². The summed E-state index contributed by atoms with van der Waals surface area (Å²) < 4.78 is 7.56. The lowest BCUT2D eigenvalue weighted by atomic mass is 10.0. The minimum Gasteiger partial charge on any atom is -0.379 e. The average Bonchev–Trinajstić information content (AvgIpc) is 2.82. The lowest BCUT2D eigenvalue weighted by molar-refractivity contribution is 0.0611. The second kappa shape index (κ2) is 7.45. The summed E-state index contributed by atoms with van der Waals surface area (Å²) in [5.74, 6) is 0. The highest BCUT2D eigenvalue weighted by Crippen LogP contribution is 2.21. The van der Waals surface area contributed by atoms with E-state index in [0.29, 0.717) is 0 Å². The second-order valence-electron chi connectivity index (χ2n) is 4.23. The van der Waals surface area contributed by atoms with E-state index in [1.54, 1.807) is 7.11 Å². The molecule has 0 saturated carbocycles. The van der Waals surface area contributed by atoms with Gasteiger partial charge in [-0.1, -0.05) is 20.3 Å². The Labute approximate surface area is 104 Å². The van der Waals surface area contributed by atoms with Gasteiger partial charge in [-0.15, -0.1) is 0 Å². The van der Waals surface area contributed by atoms with E-state index in [2.05, 4.69) is 37.4 Å². The summed E-state index contributed by atoms with van der Waals surface area (Å²) in [4.78, 5) is 0. The normalized spacial score (nSPS) is 14.8. The molecule has 0 spiro atoms. The van der Waals surface area contributed by atoms with Crippen molar-refractivity contribution in [3.8, 4) is 0 Å². The fourth-order valence-corrected chi connectivity index (χ4v) is 2.10. The van der Waals surface area contributed by atoms with E-state index in [9.17, 15) is 0 Å². The van der Waals surface area contributed by atoms with Gasteiger partial charge in [0.1, 0.15) is 0 Å². The van der Waals surface area contributed by atoms with E-state index in [4.69, 9.17) is 4.74 Å². The lowest BCUT2D eigenvalue weighted by Gasteiger charge is -2.25. The standard InChI is InChI=1S/C13H25N3O/c1-5-8-12(17-4)13(14-6-2)11-9-15-16(7-3)10-11/h9-10,12-14H,5-8H2,1-4H3. The first-order chi connectivity index (χ1) is 8.26. The van der Waals surface area contributed by atoms with E-state index in [-0.39, 0.29) is 12.1 Å². The average molecular weight is 239 g/mol. The van der Waals surface area contributed by atoms with Gasteiger partial charge in [-0.05, 0) is 19.9 Å². The predicted octanol–water partition coefficient (Wildman–Crippen LogP) is 2.37. The Kier molecular flexibility index (Phi) is 6.22. The van der Waals surface area contributed by atoms with Crippen molar-refractivity contribution in [2.75, 3.05) is 13.7 Å². The molecule has 1 rings (SSSR count). The van der Waals surface area contributed by atoms with E-state index >= 15 is 0 Å². The molecule has 0 aliphatic rings. The van der Waals surface area contributed by atoms with Crippen LogP contribution < -0.4 is 5.32 Å².